The van der Waals surface area contributed by atoms with E-state index in [-0.39, 0.29) is 11.8 Å². The monoisotopic (exact) mass is 382 g/mol. The molecule has 1 N–H and O–H groups in total. The highest BCUT2D eigenvalue weighted by molar-refractivity contribution is 7.99. The van der Waals surface area contributed by atoms with Crippen LogP contribution in [0.2, 0.25) is 0 Å². The van der Waals surface area contributed by atoms with Crippen LogP contribution in [0.25, 0.3) is 0 Å². The molecule has 0 aliphatic rings. The van der Waals surface area contributed by atoms with Gasteiger partial charge in [-0.1, -0.05) is 12.1 Å². The molecule has 138 valence electrons. The van der Waals surface area contributed by atoms with Gasteiger partial charge in [0.1, 0.15) is 5.82 Å². The molecule has 1 aromatic heterocycles. The van der Waals surface area contributed by atoms with Gasteiger partial charge >= 0.3 is 6.03 Å². The molecule has 0 saturated carbocycles. The molecule has 0 radical (unpaired) electrons. The number of carbonyl (C=O) groups is 1. The lowest BCUT2D eigenvalue weighted by Gasteiger charge is -2.19. The molecule has 0 aliphatic carbocycles. The Morgan fingerprint density at radius 2 is 1.85 bits per heavy atom. The van der Waals surface area contributed by atoms with Gasteiger partial charge in [0.05, 0.1) is 0 Å². The first-order valence-electron chi connectivity index (χ1n) is 8.33. The molecular formula is C20H19FN4OS. The van der Waals surface area contributed by atoms with Crippen molar-refractivity contribution in [1.82, 2.24) is 14.9 Å². The van der Waals surface area contributed by atoms with E-state index in [1.165, 1.54) is 23.9 Å². The number of halogens is 1. The number of hydrogen-bond donors (Lipinski definition) is 1. The Hall–Kier alpha value is -2.93. The summed E-state index contributed by atoms with van der Waals surface area (Å²) >= 11 is 1.46. The summed E-state index contributed by atoms with van der Waals surface area (Å²) in [6, 6.07) is 13.4. The summed E-state index contributed by atoms with van der Waals surface area (Å²) in [5.74, 6) is -0.291. The Morgan fingerprint density at radius 3 is 2.52 bits per heavy atom. The molecular weight excluding hydrogens is 363 g/mol. The predicted octanol–water partition coefficient (Wildman–Crippen LogP) is 4.74. The Kier molecular flexibility index (Phi) is 6.03. The van der Waals surface area contributed by atoms with Crippen LogP contribution in [0.1, 0.15) is 11.1 Å². The number of rotatable bonds is 5. The maximum Gasteiger partial charge on any atom is 0.321 e. The summed E-state index contributed by atoms with van der Waals surface area (Å²) in [5.41, 5.74) is 2.55. The first-order valence-corrected chi connectivity index (χ1v) is 9.15. The minimum Gasteiger partial charge on any atom is -0.323 e. The van der Waals surface area contributed by atoms with E-state index in [2.05, 4.69) is 15.3 Å². The summed E-state index contributed by atoms with van der Waals surface area (Å²) in [6.45, 7) is 2.33. The maximum absolute atomic E-state index is 13.0. The lowest BCUT2D eigenvalue weighted by atomic mass is 10.2. The van der Waals surface area contributed by atoms with Crippen molar-refractivity contribution in [3.05, 3.63) is 77.9 Å². The highest BCUT2D eigenvalue weighted by Gasteiger charge is 2.11. The number of urea groups is 1. The van der Waals surface area contributed by atoms with E-state index in [9.17, 15) is 9.18 Å². The number of nitrogens with zero attached hydrogens (tertiary/aromatic N) is 3. The molecule has 7 heteroatoms. The first kappa shape index (κ1) is 18.8. The smallest absolute Gasteiger partial charge is 0.321 e. The average Bonchev–Trinajstić information content (AvgIpc) is 2.66. The van der Waals surface area contributed by atoms with E-state index in [1.807, 2.05) is 25.1 Å². The summed E-state index contributed by atoms with van der Waals surface area (Å²) in [5, 5.41) is 3.58. The standard InChI is InChI=1S/C20H19FN4OS/c1-14-12-17(27-19-22-10-3-11-23-19)8-9-18(14)24-20(26)25(2)13-15-4-6-16(21)7-5-15/h3-12H,13H2,1-2H3,(H,24,26). The van der Waals surface area contributed by atoms with E-state index in [1.54, 1.807) is 42.5 Å². The van der Waals surface area contributed by atoms with Crippen LogP contribution in [0, 0.1) is 12.7 Å². The minimum atomic E-state index is -0.291. The predicted molar refractivity (Wildman–Crippen MR) is 104 cm³/mol. The molecule has 0 saturated heterocycles. The first-order chi connectivity index (χ1) is 13.0. The van der Waals surface area contributed by atoms with E-state index >= 15 is 0 Å². The molecule has 0 spiro atoms. The molecule has 0 fully saturated rings. The number of aromatic nitrogens is 2. The van der Waals surface area contributed by atoms with Crippen LogP contribution < -0.4 is 5.32 Å². The zero-order valence-corrected chi connectivity index (χ0v) is 15.8. The van der Waals surface area contributed by atoms with Crippen LogP contribution in [-0.4, -0.2) is 27.9 Å². The van der Waals surface area contributed by atoms with Crippen LogP contribution in [0.15, 0.2) is 71.0 Å². The van der Waals surface area contributed by atoms with Crippen molar-refractivity contribution in [2.24, 2.45) is 0 Å². The van der Waals surface area contributed by atoms with Gasteiger partial charge in [-0.2, -0.15) is 0 Å². The summed E-state index contributed by atoms with van der Waals surface area (Å²) in [7, 11) is 1.70. The van der Waals surface area contributed by atoms with E-state index in [0.717, 1.165) is 21.7 Å². The van der Waals surface area contributed by atoms with Crippen molar-refractivity contribution < 1.29 is 9.18 Å². The van der Waals surface area contributed by atoms with Gasteiger partial charge in [-0.05, 0) is 66.2 Å². The molecule has 2 aromatic carbocycles. The van der Waals surface area contributed by atoms with E-state index < -0.39 is 0 Å². The van der Waals surface area contributed by atoms with Crippen molar-refractivity contribution in [1.29, 1.82) is 0 Å². The van der Waals surface area contributed by atoms with Gasteiger partial charge in [-0.25, -0.2) is 19.2 Å². The molecule has 2 amide bonds. The van der Waals surface area contributed by atoms with Crippen LogP contribution in [0.3, 0.4) is 0 Å². The second kappa shape index (κ2) is 8.64. The average molecular weight is 382 g/mol. The minimum absolute atomic E-state index is 0.228. The Labute approximate surface area is 161 Å². The van der Waals surface area contributed by atoms with Crippen LogP contribution >= 0.6 is 11.8 Å². The van der Waals surface area contributed by atoms with Gasteiger partial charge in [-0.3, -0.25) is 0 Å². The second-order valence-corrected chi connectivity index (χ2v) is 7.06. The number of amides is 2. The SMILES string of the molecule is Cc1cc(Sc2ncccn2)ccc1NC(=O)N(C)Cc1ccc(F)cc1. The summed E-state index contributed by atoms with van der Waals surface area (Å²) in [4.78, 5) is 23.4. The van der Waals surface area contributed by atoms with Crippen LogP contribution in [0.5, 0.6) is 0 Å². The van der Waals surface area contributed by atoms with Crippen molar-refractivity contribution in [3.8, 4) is 0 Å². The molecule has 0 aliphatic heterocycles. The van der Waals surface area contributed by atoms with Crippen molar-refractivity contribution >= 4 is 23.5 Å². The van der Waals surface area contributed by atoms with Crippen LogP contribution in [0.4, 0.5) is 14.9 Å². The summed E-state index contributed by atoms with van der Waals surface area (Å²) < 4.78 is 13.0. The zero-order valence-electron chi connectivity index (χ0n) is 15.0. The third kappa shape index (κ3) is 5.27. The molecule has 5 nitrogen and oxygen atoms in total. The number of nitrogens with one attached hydrogen (secondary N) is 1. The highest BCUT2D eigenvalue weighted by Crippen LogP contribution is 2.28. The number of benzene rings is 2. The highest BCUT2D eigenvalue weighted by atomic mass is 32.2. The maximum atomic E-state index is 13.0. The van der Waals surface area contributed by atoms with Crippen LogP contribution in [-0.2, 0) is 6.54 Å². The molecule has 27 heavy (non-hydrogen) atoms. The Bertz CT molecular complexity index is 919. The van der Waals surface area contributed by atoms with Gasteiger partial charge in [0.15, 0.2) is 5.16 Å². The number of carbonyl (C=O) groups excluding carboxylic acids is 1. The number of hydrogen-bond acceptors (Lipinski definition) is 4. The van der Waals surface area contributed by atoms with Crippen molar-refractivity contribution in [2.45, 2.75) is 23.5 Å². The largest absolute Gasteiger partial charge is 0.323 e. The number of aryl methyl sites for hydroxylation is 1. The van der Waals surface area contributed by atoms with Crippen molar-refractivity contribution in [2.75, 3.05) is 12.4 Å². The Balaban J connectivity index is 1.62. The third-order valence-electron chi connectivity index (χ3n) is 3.87. The fourth-order valence-corrected chi connectivity index (χ4v) is 3.24. The van der Waals surface area contributed by atoms with Gasteiger partial charge in [0, 0.05) is 36.6 Å². The molecule has 0 atom stereocenters. The fourth-order valence-electron chi connectivity index (χ4n) is 2.43. The van der Waals surface area contributed by atoms with E-state index in [4.69, 9.17) is 0 Å². The fraction of sp³-hybridized carbons (Fsp3) is 0.150. The quantitative estimate of drug-likeness (QED) is 0.648. The molecule has 1 heterocycles. The lowest BCUT2D eigenvalue weighted by molar-refractivity contribution is 0.220. The number of anilines is 1. The summed E-state index contributed by atoms with van der Waals surface area (Å²) in [6.07, 6.45) is 3.40. The topological polar surface area (TPSA) is 58.1 Å². The third-order valence-corrected chi connectivity index (χ3v) is 4.75. The molecule has 0 bridgehead atoms. The van der Waals surface area contributed by atoms with Gasteiger partial charge in [0.25, 0.3) is 0 Å². The zero-order chi connectivity index (χ0) is 19.2. The normalized spacial score (nSPS) is 10.5. The van der Waals surface area contributed by atoms with E-state index in [0.29, 0.717) is 11.7 Å². The van der Waals surface area contributed by atoms with Gasteiger partial charge in [-0.15, -0.1) is 0 Å². The molecule has 3 rings (SSSR count). The van der Waals surface area contributed by atoms with Crippen molar-refractivity contribution in [3.63, 3.8) is 0 Å². The second-order valence-electron chi connectivity index (χ2n) is 6.02. The Morgan fingerprint density at radius 1 is 1.15 bits per heavy atom. The van der Waals surface area contributed by atoms with Gasteiger partial charge < -0.3 is 10.2 Å². The molecule has 0 unspecified atom stereocenters. The molecule has 3 aromatic rings. The lowest BCUT2D eigenvalue weighted by Crippen LogP contribution is -2.31. The van der Waals surface area contributed by atoms with Gasteiger partial charge in [0.2, 0.25) is 0 Å².